The fourth-order valence-electron chi connectivity index (χ4n) is 2.53. The number of hydrogen-bond donors (Lipinski definition) is 0. The topological polar surface area (TPSA) is 88.9 Å². The van der Waals surface area contributed by atoms with Crippen LogP contribution in [0.2, 0.25) is 0 Å². The molecule has 0 unspecified atom stereocenters. The average molecular weight is 388 g/mol. The smallest absolute Gasteiger partial charge is 0.421 e. The molecule has 2 rings (SSSR count). The number of alkyl halides is 3. The van der Waals surface area contributed by atoms with Crippen LogP contribution in [0.1, 0.15) is 11.1 Å². The van der Waals surface area contributed by atoms with E-state index in [-0.39, 0.29) is 0 Å². The lowest BCUT2D eigenvalue weighted by Gasteiger charge is -2.33. The van der Waals surface area contributed by atoms with E-state index in [1.807, 2.05) is 0 Å². The number of carbonyl (C=O) groups excluding carboxylic acids is 2. The number of carbonyl (C=O) groups is 2. The molecular formula is C16H12F4N2O5. The summed E-state index contributed by atoms with van der Waals surface area (Å²) >= 11 is 0. The molecule has 0 spiro atoms. The van der Waals surface area contributed by atoms with E-state index in [1.54, 1.807) is 0 Å². The molecule has 0 amide bonds. The van der Waals surface area contributed by atoms with Crippen molar-refractivity contribution in [2.45, 2.75) is 6.18 Å². The molecule has 0 aliphatic carbocycles. The highest BCUT2D eigenvalue weighted by atomic mass is 19.4. The van der Waals surface area contributed by atoms with Crippen molar-refractivity contribution in [2.75, 3.05) is 32.5 Å². The number of nitriles is 1. The standard InChI is InChI=1S/C16H12F4N2O5/c1-25-14(23)9-6-27-7-22(13(9)15(24)26-2)12-8(5-21)3-4-10(17)11(12)16(18,19)20/h3-4H,6-7H2,1-2H3. The lowest BCUT2D eigenvalue weighted by Crippen LogP contribution is -2.40. The molecule has 0 saturated heterocycles. The number of hydrogen-bond acceptors (Lipinski definition) is 7. The van der Waals surface area contributed by atoms with Crippen molar-refractivity contribution in [3.63, 3.8) is 0 Å². The van der Waals surface area contributed by atoms with E-state index < -0.39 is 65.4 Å². The van der Waals surface area contributed by atoms with Crippen LogP contribution in [0, 0.1) is 17.1 Å². The van der Waals surface area contributed by atoms with E-state index in [9.17, 15) is 32.4 Å². The molecule has 0 saturated carbocycles. The molecule has 144 valence electrons. The second kappa shape index (κ2) is 7.63. The summed E-state index contributed by atoms with van der Waals surface area (Å²) in [5, 5.41) is 9.20. The van der Waals surface area contributed by atoms with Gasteiger partial charge < -0.3 is 19.1 Å². The van der Waals surface area contributed by atoms with Gasteiger partial charge in [0.15, 0.2) is 0 Å². The SMILES string of the molecule is COC(=O)C1=C(C(=O)OC)N(c2c(C#N)ccc(F)c2C(F)(F)F)COC1. The van der Waals surface area contributed by atoms with Gasteiger partial charge in [0, 0.05) is 0 Å². The van der Waals surface area contributed by atoms with Crippen LogP contribution in [-0.4, -0.2) is 39.5 Å². The Kier molecular flexibility index (Phi) is 5.70. The van der Waals surface area contributed by atoms with Crippen molar-refractivity contribution in [3.05, 3.63) is 40.3 Å². The third-order valence-electron chi connectivity index (χ3n) is 3.63. The first-order valence-corrected chi connectivity index (χ1v) is 7.22. The van der Waals surface area contributed by atoms with Crippen LogP contribution in [0.4, 0.5) is 23.2 Å². The second-order valence-corrected chi connectivity index (χ2v) is 5.14. The van der Waals surface area contributed by atoms with Gasteiger partial charge in [-0.1, -0.05) is 0 Å². The summed E-state index contributed by atoms with van der Waals surface area (Å²) in [6.45, 7) is -1.11. The minimum Gasteiger partial charge on any atom is -0.466 e. The van der Waals surface area contributed by atoms with Gasteiger partial charge in [0.25, 0.3) is 0 Å². The number of halogens is 4. The summed E-state index contributed by atoms with van der Waals surface area (Å²) in [6.07, 6.45) is -5.20. The summed E-state index contributed by atoms with van der Waals surface area (Å²) in [4.78, 5) is 24.7. The summed E-state index contributed by atoms with van der Waals surface area (Å²) in [5.41, 5.74) is -4.40. The molecule has 0 fully saturated rings. The zero-order valence-corrected chi connectivity index (χ0v) is 14.0. The molecule has 1 heterocycles. The van der Waals surface area contributed by atoms with Gasteiger partial charge in [0.2, 0.25) is 0 Å². The fourth-order valence-corrected chi connectivity index (χ4v) is 2.53. The number of rotatable bonds is 3. The number of methoxy groups -OCH3 is 2. The Balaban J connectivity index is 2.87. The van der Waals surface area contributed by atoms with E-state index in [4.69, 9.17) is 4.74 Å². The van der Waals surface area contributed by atoms with Crippen LogP contribution in [0.15, 0.2) is 23.4 Å². The van der Waals surface area contributed by atoms with Crippen molar-refractivity contribution in [1.29, 1.82) is 5.26 Å². The van der Waals surface area contributed by atoms with Crippen molar-refractivity contribution < 1.29 is 41.4 Å². The molecule has 1 aromatic rings. The summed E-state index contributed by atoms with van der Waals surface area (Å²) in [7, 11) is 1.94. The fraction of sp³-hybridized carbons (Fsp3) is 0.312. The Labute approximate surface area is 150 Å². The summed E-state index contributed by atoms with van der Waals surface area (Å²) in [6, 6.07) is 2.82. The highest BCUT2D eigenvalue weighted by molar-refractivity contribution is 6.03. The summed E-state index contributed by atoms with van der Waals surface area (Å²) in [5.74, 6) is -3.89. The number of benzene rings is 1. The van der Waals surface area contributed by atoms with Crippen LogP contribution in [-0.2, 0) is 30.0 Å². The molecule has 1 aliphatic heterocycles. The third-order valence-corrected chi connectivity index (χ3v) is 3.63. The first kappa shape index (κ1) is 20.2. The molecule has 7 nitrogen and oxygen atoms in total. The predicted octanol–water partition coefficient (Wildman–Crippen LogP) is 2.11. The Morgan fingerprint density at radius 2 is 1.85 bits per heavy atom. The van der Waals surface area contributed by atoms with E-state index in [0.29, 0.717) is 11.0 Å². The number of ether oxygens (including phenoxy) is 3. The van der Waals surface area contributed by atoms with Crippen LogP contribution in [0.25, 0.3) is 0 Å². The van der Waals surface area contributed by atoms with E-state index in [2.05, 4.69) is 9.47 Å². The van der Waals surface area contributed by atoms with Gasteiger partial charge in [-0.2, -0.15) is 18.4 Å². The molecule has 1 aromatic carbocycles. The van der Waals surface area contributed by atoms with E-state index in [1.165, 1.54) is 6.07 Å². The van der Waals surface area contributed by atoms with Gasteiger partial charge in [-0.15, -0.1) is 0 Å². The lowest BCUT2D eigenvalue weighted by atomic mass is 10.0. The zero-order chi connectivity index (χ0) is 20.4. The zero-order valence-electron chi connectivity index (χ0n) is 14.0. The van der Waals surface area contributed by atoms with Gasteiger partial charge in [-0.3, -0.25) is 0 Å². The number of esters is 2. The minimum absolute atomic E-state index is 0.433. The van der Waals surface area contributed by atoms with Crippen molar-refractivity contribution in [2.24, 2.45) is 0 Å². The van der Waals surface area contributed by atoms with Gasteiger partial charge in [-0.25, -0.2) is 14.0 Å². The maximum atomic E-state index is 14.0. The monoisotopic (exact) mass is 388 g/mol. The first-order chi connectivity index (χ1) is 12.7. The van der Waals surface area contributed by atoms with Crippen molar-refractivity contribution in [1.82, 2.24) is 0 Å². The summed E-state index contributed by atoms with van der Waals surface area (Å²) < 4.78 is 68.5. The Bertz CT molecular complexity index is 858. The maximum Gasteiger partial charge on any atom is 0.421 e. The molecule has 0 bridgehead atoms. The predicted molar refractivity (Wildman–Crippen MR) is 80.5 cm³/mol. The number of nitrogens with zero attached hydrogens (tertiary/aromatic N) is 2. The van der Waals surface area contributed by atoms with Crippen LogP contribution < -0.4 is 4.90 Å². The highest BCUT2D eigenvalue weighted by Gasteiger charge is 2.43. The van der Waals surface area contributed by atoms with Crippen LogP contribution in [0.3, 0.4) is 0 Å². The number of anilines is 1. The minimum atomic E-state index is -5.20. The second-order valence-electron chi connectivity index (χ2n) is 5.14. The van der Waals surface area contributed by atoms with E-state index >= 15 is 0 Å². The molecular weight excluding hydrogens is 376 g/mol. The molecule has 0 atom stereocenters. The molecule has 0 aromatic heterocycles. The maximum absolute atomic E-state index is 14.0. The quantitative estimate of drug-likeness (QED) is 0.579. The third kappa shape index (κ3) is 3.70. The Morgan fingerprint density at radius 3 is 2.37 bits per heavy atom. The Hall–Kier alpha value is -3.13. The van der Waals surface area contributed by atoms with Gasteiger partial charge in [0.05, 0.1) is 37.7 Å². The average Bonchev–Trinajstić information content (AvgIpc) is 2.64. The van der Waals surface area contributed by atoms with Gasteiger partial charge >= 0.3 is 18.1 Å². The Morgan fingerprint density at radius 1 is 1.22 bits per heavy atom. The molecule has 27 heavy (non-hydrogen) atoms. The molecule has 0 N–H and O–H groups in total. The molecule has 0 radical (unpaired) electrons. The van der Waals surface area contributed by atoms with Crippen LogP contribution >= 0.6 is 0 Å². The van der Waals surface area contributed by atoms with Gasteiger partial charge in [-0.05, 0) is 12.1 Å². The van der Waals surface area contributed by atoms with Crippen molar-refractivity contribution in [3.8, 4) is 6.07 Å². The van der Waals surface area contributed by atoms with Crippen LogP contribution in [0.5, 0.6) is 0 Å². The molecule has 11 heteroatoms. The van der Waals surface area contributed by atoms with E-state index in [0.717, 1.165) is 20.3 Å². The van der Waals surface area contributed by atoms with Crippen molar-refractivity contribution >= 4 is 17.6 Å². The highest BCUT2D eigenvalue weighted by Crippen LogP contribution is 2.42. The van der Waals surface area contributed by atoms with Gasteiger partial charge in [0.1, 0.15) is 29.9 Å². The molecule has 1 aliphatic rings. The normalized spacial score (nSPS) is 14.6. The first-order valence-electron chi connectivity index (χ1n) is 7.22. The largest absolute Gasteiger partial charge is 0.466 e. The lowest BCUT2D eigenvalue weighted by molar-refractivity contribution is -0.141.